The number of nitrogens with zero attached hydrogens (tertiary/aromatic N) is 1. The van der Waals surface area contributed by atoms with Crippen LogP contribution in [0.3, 0.4) is 0 Å². The lowest BCUT2D eigenvalue weighted by Gasteiger charge is -2.26. The standard InChI is InChI=1S/C32H56N10O11/c1-16(2)25(30(50)41-26(17(3)4)32(52)53)40-24(46)14-36-27(47)20(12-22(35)44)39-28(48)19(8-5-6-10-33)38-23(45)13-37-29(49)21-9-7-11-42(21)31(51)18(34)15-43/h16-21,25-26,43H,5-15,33-34H2,1-4H3,(H2,35,44)(H,36,47)(H,37,49)(H,38,45)(H,39,48)(H,40,46)(H,41,50)(H,52,53)/t18-,19-,20-,21-,25-,26-/m0/s1. The van der Waals surface area contributed by atoms with Gasteiger partial charge in [0.25, 0.3) is 0 Å². The van der Waals surface area contributed by atoms with Crippen LogP contribution in [-0.4, -0.2) is 137 Å². The van der Waals surface area contributed by atoms with Crippen molar-refractivity contribution in [2.24, 2.45) is 29.0 Å². The highest BCUT2D eigenvalue weighted by molar-refractivity contribution is 5.97. The summed E-state index contributed by atoms with van der Waals surface area (Å²) in [4.78, 5) is 115. The number of aliphatic hydroxyl groups is 1. The zero-order valence-electron chi connectivity index (χ0n) is 30.6. The maximum absolute atomic E-state index is 13.3. The van der Waals surface area contributed by atoms with E-state index in [1.807, 2.05) is 0 Å². The molecule has 0 unspecified atom stereocenters. The van der Waals surface area contributed by atoms with Gasteiger partial charge in [-0.05, 0) is 50.5 Å². The van der Waals surface area contributed by atoms with Crippen molar-refractivity contribution in [3.63, 3.8) is 0 Å². The van der Waals surface area contributed by atoms with Gasteiger partial charge in [-0.1, -0.05) is 27.7 Å². The largest absolute Gasteiger partial charge is 0.480 e. The summed E-state index contributed by atoms with van der Waals surface area (Å²) in [5.41, 5.74) is 16.5. The first-order valence-electron chi connectivity index (χ1n) is 17.5. The maximum atomic E-state index is 13.3. The molecule has 0 spiro atoms. The monoisotopic (exact) mass is 756 g/mol. The molecular weight excluding hydrogens is 700 g/mol. The lowest BCUT2D eigenvalue weighted by Crippen LogP contribution is -2.58. The Kier molecular flexibility index (Phi) is 19.9. The summed E-state index contributed by atoms with van der Waals surface area (Å²) < 4.78 is 0. The number of carbonyl (C=O) groups is 9. The third-order valence-electron chi connectivity index (χ3n) is 8.33. The summed E-state index contributed by atoms with van der Waals surface area (Å²) in [5, 5.41) is 32.9. The van der Waals surface area contributed by atoms with E-state index < -0.39 is 127 Å². The predicted molar refractivity (Wildman–Crippen MR) is 188 cm³/mol. The average Bonchev–Trinajstić information content (AvgIpc) is 3.59. The Morgan fingerprint density at radius 2 is 1.38 bits per heavy atom. The molecule has 1 heterocycles. The Hall–Kier alpha value is -4.89. The van der Waals surface area contributed by atoms with Crippen LogP contribution in [0.2, 0.25) is 0 Å². The maximum Gasteiger partial charge on any atom is 0.326 e. The lowest BCUT2D eigenvalue weighted by molar-refractivity contribution is -0.143. The summed E-state index contributed by atoms with van der Waals surface area (Å²) in [5.74, 6) is -8.63. The topological polar surface area (TPSA) is 348 Å². The lowest BCUT2D eigenvalue weighted by atomic mass is 10.0. The second-order valence-corrected chi connectivity index (χ2v) is 13.4. The third kappa shape index (κ3) is 15.7. The van der Waals surface area contributed by atoms with Crippen LogP contribution in [-0.2, 0) is 43.2 Å². The fraction of sp³-hybridized carbons (Fsp3) is 0.719. The Labute approximate surface area is 307 Å². The van der Waals surface area contributed by atoms with E-state index in [9.17, 15) is 53.4 Å². The number of carbonyl (C=O) groups excluding carboxylic acids is 8. The van der Waals surface area contributed by atoms with E-state index in [1.165, 1.54) is 4.90 Å². The van der Waals surface area contributed by atoms with Gasteiger partial charge in [-0.3, -0.25) is 38.4 Å². The van der Waals surface area contributed by atoms with E-state index in [4.69, 9.17) is 17.2 Å². The zero-order chi connectivity index (χ0) is 40.4. The molecule has 0 radical (unpaired) electrons. The minimum absolute atomic E-state index is 0.0538. The van der Waals surface area contributed by atoms with Crippen LogP contribution in [0.25, 0.3) is 0 Å². The van der Waals surface area contributed by atoms with Gasteiger partial charge in [0, 0.05) is 6.54 Å². The van der Waals surface area contributed by atoms with Gasteiger partial charge < -0.3 is 64.2 Å². The van der Waals surface area contributed by atoms with Crippen molar-refractivity contribution in [1.29, 1.82) is 0 Å². The fourth-order valence-corrected chi connectivity index (χ4v) is 5.38. The second-order valence-electron chi connectivity index (χ2n) is 13.4. The Balaban J connectivity index is 2.92. The SMILES string of the molecule is CC(C)[C@H](NC(=O)[C@@H](NC(=O)CNC(=O)[C@H](CC(N)=O)NC(=O)[C@H](CCCCN)NC(=O)CNC(=O)[C@@H]1CCCN1C(=O)[C@@H](N)CO)C(C)C)C(=O)O. The van der Waals surface area contributed by atoms with Crippen molar-refractivity contribution < 1.29 is 53.4 Å². The van der Waals surface area contributed by atoms with Gasteiger partial charge in [0.15, 0.2) is 0 Å². The number of rotatable bonds is 23. The van der Waals surface area contributed by atoms with Crippen molar-refractivity contribution in [3.8, 4) is 0 Å². The summed E-state index contributed by atoms with van der Waals surface area (Å²) in [6.07, 6.45) is 1.03. The number of primary amides is 1. The Morgan fingerprint density at radius 3 is 1.92 bits per heavy atom. The molecular formula is C32H56N10O11. The van der Waals surface area contributed by atoms with E-state index in [2.05, 4.69) is 31.9 Å². The van der Waals surface area contributed by atoms with Gasteiger partial charge in [0.2, 0.25) is 47.3 Å². The normalized spacial score (nSPS) is 16.8. The number of amides is 8. The van der Waals surface area contributed by atoms with Crippen molar-refractivity contribution in [1.82, 2.24) is 36.8 Å². The molecule has 1 saturated heterocycles. The van der Waals surface area contributed by atoms with E-state index >= 15 is 0 Å². The molecule has 53 heavy (non-hydrogen) atoms. The van der Waals surface area contributed by atoms with Crippen LogP contribution in [0.4, 0.5) is 0 Å². The molecule has 0 aromatic heterocycles. The highest BCUT2D eigenvalue weighted by Gasteiger charge is 2.36. The van der Waals surface area contributed by atoms with Gasteiger partial charge in [0.1, 0.15) is 36.3 Å². The predicted octanol–water partition coefficient (Wildman–Crippen LogP) is -5.13. The molecule has 0 aliphatic carbocycles. The number of hydrogen-bond acceptors (Lipinski definition) is 12. The molecule has 21 nitrogen and oxygen atoms in total. The number of aliphatic carboxylic acids is 1. The van der Waals surface area contributed by atoms with Gasteiger partial charge in [-0.25, -0.2) is 4.79 Å². The smallest absolute Gasteiger partial charge is 0.326 e. The van der Waals surface area contributed by atoms with Crippen molar-refractivity contribution in [2.75, 3.05) is 32.8 Å². The van der Waals surface area contributed by atoms with Crippen LogP contribution in [0.1, 0.15) is 66.2 Å². The summed E-state index contributed by atoms with van der Waals surface area (Å²) >= 11 is 0. The van der Waals surface area contributed by atoms with Crippen LogP contribution in [0, 0.1) is 11.8 Å². The number of aliphatic hydroxyl groups excluding tert-OH is 1. The zero-order valence-corrected chi connectivity index (χ0v) is 30.6. The molecule has 1 aliphatic heterocycles. The van der Waals surface area contributed by atoms with Gasteiger partial charge in [0.05, 0.1) is 26.1 Å². The summed E-state index contributed by atoms with van der Waals surface area (Å²) in [6, 6.07) is -7.31. The van der Waals surface area contributed by atoms with Crippen LogP contribution in [0.15, 0.2) is 0 Å². The number of unbranched alkanes of at least 4 members (excludes halogenated alkanes) is 1. The second kappa shape index (κ2) is 22.9. The van der Waals surface area contributed by atoms with Crippen LogP contribution >= 0.6 is 0 Å². The molecule has 0 saturated carbocycles. The molecule has 1 rings (SSSR count). The number of carboxylic acids is 1. The molecule has 0 bridgehead atoms. The highest BCUT2D eigenvalue weighted by Crippen LogP contribution is 2.18. The molecule has 6 atom stereocenters. The van der Waals surface area contributed by atoms with Crippen molar-refractivity contribution >= 4 is 53.2 Å². The number of nitrogens with two attached hydrogens (primary N) is 3. The van der Waals surface area contributed by atoms with Crippen LogP contribution in [0.5, 0.6) is 0 Å². The molecule has 21 heteroatoms. The quantitative estimate of drug-likeness (QED) is 0.0435. The molecule has 8 amide bonds. The van der Waals surface area contributed by atoms with E-state index in [-0.39, 0.29) is 19.5 Å². The number of likely N-dealkylation sites (tertiary alicyclic amines) is 1. The molecule has 14 N–H and O–H groups in total. The first-order valence-corrected chi connectivity index (χ1v) is 17.5. The van der Waals surface area contributed by atoms with Crippen LogP contribution < -0.4 is 49.1 Å². The number of hydrogen-bond donors (Lipinski definition) is 11. The molecule has 1 aliphatic rings. The molecule has 0 aromatic carbocycles. The molecule has 300 valence electrons. The summed E-state index contributed by atoms with van der Waals surface area (Å²) in [7, 11) is 0. The van der Waals surface area contributed by atoms with Gasteiger partial charge in [-0.15, -0.1) is 0 Å². The third-order valence-corrected chi connectivity index (χ3v) is 8.33. The van der Waals surface area contributed by atoms with Crippen molar-refractivity contribution in [2.45, 2.75) is 102 Å². The van der Waals surface area contributed by atoms with Crippen molar-refractivity contribution in [3.05, 3.63) is 0 Å². The Morgan fingerprint density at radius 1 is 0.774 bits per heavy atom. The minimum Gasteiger partial charge on any atom is -0.480 e. The van der Waals surface area contributed by atoms with Gasteiger partial charge in [-0.2, -0.15) is 0 Å². The highest BCUT2D eigenvalue weighted by atomic mass is 16.4. The number of nitrogens with one attached hydrogen (secondary N) is 6. The van der Waals surface area contributed by atoms with E-state index in [0.29, 0.717) is 25.7 Å². The van der Waals surface area contributed by atoms with Gasteiger partial charge >= 0.3 is 5.97 Å². The molecule has 0 aromatic rings. The average molecular weight is 757 g/mol. The first-order chi connectivity index (χ1) is 24.8. The fourth-order valence-electron chi connectivity index (χ4n) is 5.38. The first kappa shape index (κ1) is 46.1. The number of carboxylic acid groups (broad SMARTS) is 1. The Bertz CT molecular complexity index is 1330. The van der Waals surface area contributed by atoms with E-state index in [0.717, 1.165) is 0 Å². The summed E-state index contributed by atoms with van der Waals surface area (Å²) in [6.45, 7) is 5.08. The molecule has 1 fully saturated rings. The minimum atomic E-state index is -1.58. The van der Waals surface area contributed by atoms with E-state index in [1.54, 1.807) is 27.7 Å².